The van der Waals surface area contributed by atoms with Crippen molar-refractivity contribution in [3.8, 4) is 22.4 Å². The fraction of sp³-hybridized carbons (Fsp3) is 0.429. The number of aromatic nitrogens is 2. The Bertz CT molecular complexity index is 1690. The van der Waals surface area contributed by atoms with Crippen molar-refractivity contribution in [3.05, 3.63) is 72.7 Å². The molecule has 1 amide bonds. The molecule has 1 unspecified atom stereocenters. The fourth-order valence-electron chi connectivity index (χ4n) is 6.34. The molecule has 4 aromatic rings. The molecule has 0 spiro atoms. The number of fused-ring (bicyclic) bond motifs is 2. The molecule has 7 rings (SSSR count). The fourth-order valence-corrected chi connectivity index (χ4v) is 6.34. The van der Waals surface area contributed by atoms with Gasteiger partial charge in [-0.25, -0.2) is 9.78 Å². The molecule has 3 aromatic carbocycles. The van der Waals surface area contributed by atoms with Crippen molar-refractivity contribution in [3.63, 3.8) is 0 Å². The third-order valence-corrected chi connectivity index (χ3v) is 9.54. The van der Waals surface area contributed by atoms with Crippen LogP contribution in [-0.4, -0.2) is 50.9 Å². The van der Waals surface area contributed by atoms with Gasteiger partial charge in [0.05, 0.1) is 29.1 Å². The molecule has 2 aliphatic heterocycles. The molecular formula is C35H40BN3O4. The number of amides is 1. The number of nitrogens with zero attached hydrogens (tertiary/aromatic N) is 2. The van der Waals surface area contributed by atoms with Gasteiger partial charge in [0.25, 0.3) is 0 Å². The van der Waals surface area contributed by atoms with E-state index in [0.717, 1.165) is 51.9 Å². The molecule has 0 radical (unpaired) electrons. The molecule has 1 saturated carbocycles. The molecule has 1 N–H and O–H groups in total. The highest BCUT2D eigenvalue weighted by Crippen LogP contribution is 2.53. The molecule has 3 atom stereocenters. The van der Waals surface area contributed by atoms with E-state index >= 15 is 0 Å². The first-order valence-electron chi connectivity index (χ1n) is 15.3. The van der Waals surface area contributed by atoms with Crippen molar-refractivity contribution in [2.45, 2.75) is 90.2 Å². The van der Waals surface area contributed by atoms with E-state index in [4.69, 9.17) is 19.0 Å². The molecule has 7 nitrogen and oxygen atoms in total. The van der Waals surface area contributed by atoms with Gasteiger partial charge in [-0.3, -0.25) is 4.90 Å². The maximum absolute atomic E-state index is 13.0. The molecule has 3 fully saturated rings. The van der Waals surface area contributed by atoms with Gasteiger partial charge < -0.3 is 19.0 Å². The average Bonchev–Trinajstić information content (AvgIpc) is 3.27. The van der Waals surface area contributed by atoms with Crippen molar-refractivity contribution in [2.75, 3.05) is 0 Å². The number of hydrogen-bond donors (Lipinski definition) is 1. The van der Waals surface area contributed by atoms with Gasteiger partial charge in [-0.1, -0.05) is 54.6 Å². The Balaban J connectivity index is 1.07. The second kappa shape index (κ2) is 9.70. The number of piperidine rings is 1. The van der Waals surface area contributed by atoms with E-state index in [9.17, 15) is 4.79 Å². The number of ether oxygens (including phenoxy) is 1. The number of carbonyl (C=O) groups excluding carboxylic acids is 1. The summed E-state index contributed by atoms with van der Waals surface area (Å²) < 4.78 is 18.2. The highest BCUT2D eigenvalue weighted by molar-refractivity contribution is 6.62. The lowest BCUT2D eigenvalue weighted by atomic mass is 9.78. The van der Waals surface area contributed by atoms with Gasteiger partial charge in [0.2, 0.25) is 0 Å². The van der Waals surface area contributed by atoms with E-state index in [1.165, 1.54) is 5.39 Å². The van der Waals surface area contributed by atoms with Gasteiger partial charge in [-0.05, 0) is 106 Å². The molecule has 43 heavy (non-hydrogen) atoms. The van der Waals surface area contributed by atoms with Crippen molar-refractivity contribution < 1.29 is 18.8 Å². The highest BCUT2D eigenvalue weighted by atomic mass is 16.7. The van der Waals surface area contributed by atoms with E-state index in [2.05, 4.69) is 93.3 Å². The summed E-state index contributed by atoms with van der Waals surface area (Å²) in [6, 6.07) is 21.7. The summed E-state index contributed by atoms with van der Waals surface area (Å²) in [5.74, 6) is 1.37. The van der Waals surface area contributed by atoms with Crippen LogP contribution >= 0.6 is 0 Å². The maximum Gasteiger partial charge on any atom is 0.494 e. The van der Waals surface area contributed by atoms with Gasteiger partial charge in [0.1, 0.15) is 11.4 Å². The molecule has 0 bridgehead atoms. The Morgan fingerprint density at radius 1 is 0.907 bits per heavy atom. The zero-order valence-corrected chi connectivity index (χ0v) is 26.1. The number of likely N-dealkylation sites (tertiary alicyclic amines) is 1. The minimum Gasteiger partial charge on any atom is -0.444 e. The van der Waals surface area contributed by atoms with Crippen LogP contribution in [0.2, 0.25) is 0 Å². The van der Waals surface area contributed by atoms with E-state index in [1.807, 2.05) is 31.9 Å². The summed E-state index contributed by atoms with van der Waals surface area (Å²) >= 11 is 0. The maximum atomic E-state index is 13.0. The Labute approximate surface area is 254 Å². The van der Waals surface area contributed by atoms with Crippen LogP contribution in [-0.2, 0) is 14.0 Å². The molecule has 3 aliphatic rings. The number of benzene rings is 3. The topological polar surface area (TPSA) is 76.7 Å². The van der Waals surface area contributed by atoms with Crippen LogP contribution in [0.3, 0.4) is 0 Å². The van der Waals surface area contributed by atoms with Crippen LogP contribution in [0.5, 0.6) is 0 Å². The number of rotatable bonds is 4. The molecule has 2 saturated heterocycles. The third-order valence-electron chi connectivity index (χ3n) is 9.54. The van der Waals surface area contributed by atoms with Crippen LogP contribution in [0, 0.1) is 5.92 Å². The second-order valence-electron chi connectivity index (χ2n) is 14.4. The number of nitrogens with one attached hydrogen (secondary N) is 1. The van der Waals surface area contributed by atoms with E-state index in [0.29, 0.717) is 5.92 Å². The van der Waals surface area contributed by atoms with Gasteiger partial charge in [0, 0.05) is 6.04 Å². The highest BCUT2D eigenvalue weighted by Gasteiger charge is 2.56. The minimum atomic E-state index is -0.521. The molecule has 222 valence electrons. The Kier molecular flexibility index (Phi) is 6.35. The van der Waals surface area contributed by atoms with Crippen LogP contribution < -0.4 is 5.46 Å². The smallest absolute Gasteiger partial charge is 0.444 e. The summed E-state index contributed by atoms with van der Waals surface area (Å²) in [4.78, 5) is 23.1. The predicted molar refractivity (Wildman–Crippen MR) is 170 cm³/mol. The monoisotopic (exact) mass is 577 g/mol. The van der Waals surface area contributed by atoms with Crippen molar-refractivity contribution in [1.29, 1.82) is 0 Å². The summed E-state index contributed by atoms with van der Waals surface area (Å²) in [6.45, 7) is 14.0. The van der Waals surface area contributed by atoms with Crippen LogP contribution in [0.25, 0.3) is 33.2 Å². The van der Waals surface area contributed by atoms with Crippen LogP contribution in [0.15, 0.2) is 66.9 Å². The number of carbonyl (C=O) groups is 1. The zero-order valence-electron chi connectivity index (χ0n) is 26.1. The van der Waals surface area contributed by atoms with Gasteiger partial charge in [0.15, 0.2) is 0 Å². The Hall–Kier alpha value is -3.62. The van der Waals surface area contributed by atoms with Crippen LogP contribution in [0.4, 0.5) is 4.79 Å². The molecule has 8 heteroatoms. The average molecular weight is 578 g/mol. The zero-order chi connectivity index (χ0) is 30.3. The van der Waals surface area contributed by atoms with Crippen LogP contribution in [0.1, 0.15) is 73.2 Å². The number of H-pyrrole nitrogens is 1. The van der Waals surface area contributed by atoms with E-state index in [1.54, 1.807) is 0 Å². The normalized spacial score (nSPS) is 23.9. The van der Waals surface area contributed by atoms with Gasteiger partial charge in [-0.2, -0.15) is 0 Å². The SMILES string of the molecule is CC(C)(C)OC(=O)N1[C@@H]2CC2C[C@H]1c1ncc(-c2ccc(-c3ccc4cc(B5OC(C)(C)C(C)(C)O5)ccc4c3)cc2)[nH]1. The van der Waals surface area contributed by atoms with Crippen molar-refractivity contribution >= 4 is 29.4 Å². The first-order valence-corrected chi connectivity index (χ1v) is 15.3. The number of aromatic amines is 1. The summed E-state index contributed by atoms with van der Waals surface area (Å²) in [6.07, 6.45) is 3.61. The third kappa shape index (κ3) is 5.14. The quantitative estimate of drug-likeness (QED) is 0.258. The Morgan fingerprint density at radius 2 is 1.53 bits per heavy atom. The van der Waals surface area contributed by atoms with Crippen molar-refractivity contribution in [2.24, 2.45) is 5.92 Å². The largest absolute Gasteiger partial charge is 0.494 e. The summed E-state index contributed by atoms with van der Waals surface area (Å²) in [5, 5.41) is 2.33. The number of imidazole rings is 1. The first kappa shape index (κ1) is 28.2. The lowest BCUT2D eigenvalue weighted by Gasteiger charge is -2.32. The van der Waals surface area contributed by atoms with E-state index < -0.39 is 5.60 Å². The summed E-state index contributed by atoms with van der Waals surface area (Å²) in [5.41, 5.74) is 4.09. The summed E-state index contributed by atoms with van der Waals surface area (Å²) in [7, 11) is -0.371. The Morgan fingerprint density at radius 3 is 2.23 bits per heavy atom. The van der Waals surface area contributed by atoms with Crippen molar-refractivity contribution in [1.82, 2.24) is 14.9 Å². The van der Waals surface area contributed by atoms with Gasteiger partial charge in [-0.15, -0.1) is 0 Å². The minimum absolute atomic E-state index is 0.0745. The van der Waals surface area contributed by atoms with E-state index in [-0.39, 0.29) is 36.5 Å². The standard InChI is InChI=1S/C35H40BN3O4/c1-33(2,3)41-32(40)39-29-18-26(29)19-30(39)31-37-20-28(38-31)22-10-8-21(9-11-22)23-12-13-25-17-27(15-14-24(25)16-23)36-42-34(4,5)35(6,7)43-36/h8-17,20,26,29-30H,18-19H2,1-7H3,(H,37,38)/t26?,29-,30+/m1/s1. The number of hydrogen-bond acceptors (Lipinski definition) is 5. The molecular weight excluding hydrogens is 537 g/mol. The molecule has 1 aliphatic carbocycles. The second-order valence-corrected chi connectivity index (χ2v) is 14.4. The molecule has 1 aromatic heterocycles. The first-order chi connectivity index (χ1) is 20.3. The lowest BCUT2D eigenvalue weighted by molar-refractivity contribution is 0.00578. The molecule has 3 heterocycles. The van der Waals surface area contributed by atoms with Gasteiger partial charge >= 0.3 is 13.2 Å². The predicted octanol–water partition coefficient (Wildman–Crippen LogP) is 7.27. The lowest BCUT2D eigenvalue weighted by Crippen LogP contribution is -2.41.